The van der Waals surface area contributed by atoms with Crippen molar-refractivity contribution in [1.29, 1.82) is 5.26 Å². The zero-order valence-corrected chi connectivity index (χ0v) is 10.3. The lowest BCUT2D eigenvalue weighted by Crippen LogP contribution is -2.26. The average molecular weight is 253 g/mol. The molecule has 17 heavy (non-hydrogen) atoms. The fourth-order valence-corrected chi connectivity index (χ4v) is 1.33. The number of aromatic nitrogens is 3. The third-order valence-corrected chi connectivity index (χ3v) is 1.99. The van der Waals surface area contributed by atoms with Gasteiger partial charge >= 0.3 is 0 Å². The van der Waals surface area contributed by atoms with E-state index in [1.165, 1.54) is 0 Å². The SMILES string of the molecule is C=CCN(CC#N)c1nc(Cl)nc(NCC)n1. The normalized spacial score (nSPS) is 9.47. The zero-order valence-electron chi connectivity index (χ0n) is 9.52. The van der Waals surface area contributed by atoms with Crippen LogP contribution in [0.1, 0.15) is 6.92 Å². The van der Waals surface area contributed by atoms with Gasteiger partial charge in [-0.25, -0.2) is 0 Å². The second-order valence-corrected chi connectivity index (χ2v) is 3.42. The smallest absolute Gasteiger partial charge is 0.232 e. The lowest BCUT2D eigenvalue weighted by atomic mass is 10.5. The van der Waals surface area contributed by atoms with Gasteiger partial charge in [0.05, 0.1) is 6.07 Å². The number of hydrogen-bond donors (Lipinski definition) is 1. The van der Waals surface area contributed by atoms with E-state index >= 15 is 0 Å². The molecule has 0 radical (unpaired) electrons. The number of anilines is 2. The van der Waals surface area contributed by atoms with Crippen LogP contribution in [-0.2, 0) is 0 Å². The predicted molar refractivity (Wildman–Crippen MR) is 67.0 cm³/mol. The van der Waals surface area contributed by atoms with Crippen LogP contribution in [0.4, 0.5) is 11.9 Å². The first-order valence-corrected chi connectivity index (χ1v) is 5.47. The Morgan fingerprint density at radius 2 is 2.29 bits per heavy atom. The maximum atomic E-state index is 8.72. The highest BCUT2D eigenvalue weighted by Crippen LogP contribution is 2.13. The van der Waals surface area contributed by atoms with E-state index in [1.807, 2.05) is 13.0 Å². The van der Waals surface area contributed by atoms with Crippen molar-refractivity contribution >= 4 is 23.5 Å². The number of nitrogens with one attached hydrogen (secondary N) is 1. The van der Waals surface area contributed by atoms with Crippen LogP contribution in [-0.4, -0.2) is 34.6 Å². The summed E-state index contributed by atoms with van der Waals surface area (Å²) in [4.78, 5) is 13.7. The first-order valence-electron chi connectivity index (χ1n) is 5.09. The molecule has 6 nitrogen and oxygen atoms in total. The van der Waals surface area contributed by atoms with Crippen LogP contribution in [0.25, 0.3) is 0 Å². The summed E-state index contributed by atoms with van der Waals surface area (Å²) in [5.41, 5.74) is 0. The van der Waals surface area contributed by atoms with Crippen molar-refractivity contribution in [3.63, 3.8) is 0 Å². The van der Waals surface area contributed by atoms with E-state index in [-0.39, 0.29) is 11.8 Å². The summed E-state index contributed by atoms with van der Waals surface area (Å²) in [5, 5.41) is 11.8. The highest BCUT2D eigenvalue weighted by Gasteiger charge is 2.11. The van der Waals surface area contributed by atoms with Gasteiger partial charge in [-0.2, -0.15) is 20.2 Å². The van der Waals surface area contributed by atoms with E-state index in [4.69, 9.17) is 16.9 Å². The van der Waals surface area contributed by atoms with Crippen molar-refractivity contribution in [2.75, 3.05) is 29.9 Å². The Kier molecular flexibility index (Phi) is 5.17. The molecule has 0 aliphatic heterocycles. The van der Waals surface area contributed by atoms with Gasteiger partial charge in [0.1, 0.15) is 6.54 Å². The standard InChI is InChI=1S/C10H13ClN6/c1-3-6-17(7-5-12)10-15-8(11)14-9(16-10)13-4-2/h3H,1,4,6-7H2,2H3,(H,13,14,15,16). The summed E-state index contributed by atoms with van der Waals surface area (Å²) in [5.74, 6) is 0.761. The molecule has 1 heterocycles. The highest BCUT2D eigenvalue weighted by molar-refractivity contribution is 6.28. The molecule has 90 valence electrons. The van der Waals surface area contributed by atoms with Gasteiger partial charge in [0, 0.05) is 13.1 Å². The molecule has 0 spiro atoms. The quantitative estimate of drug-likeness (QED) is 0.610. The first kappa shape index (κ1) is 13.2. The Balaban J connectivity index is 3.00. The van der Waals surface area contributed by atoms with E-state index in [0.29, 0.717) is 25.0 Å². The van der Waals surface area contributed by atoms with E-state index in [2.05, 4.69) is 26.8 Å². The summed E-state index contributed by atoms with van der Waals surface area (Å²) < 4.78 is 0. The van der Waals surface area contributed by atoms with Crippen LogP contribution in [0, 0.1) is 11.3 Å². The Labute approximate surface area is 105 Å². The average Bonchev–Trinajstić information content (AvgIpc) is 2.28. The van der Waals surface area contributed by atoms with Gasteiger partial charge in [0.25, 0.3) is 0 Å². The van der Waals surface area contributed by atoms with Crippen LogP contribution >= 0.6 is 11.6 Å². The molecule has 0 saturated heterocycles. The Hall–Kier alpha value is -1.87. The maximum absolute atomic E-state index is 8.72. The van der Waals surface area contributed by atoms with Crippen LogP contribution < -0.4 is 10.2 Å². The van der Waals surface area contributed by atoms with Gasteiger partial charge in [-0.1, -0.05) is 6.08 Å². The van der Waals surface area contributed by atoms with E-state index in [0.717, 1.165) is 0 Å². The van der Waals surface area contributed by atoms with Crippen molar-refractivity contribution in [3.8, 4) is 6.07 Å². The van der Waals surface area contributed by atoms with Crippen LogP contribution in [0.15, 0.2) is 12.7 Å². The third kappa shape index (κ3) is 3.89. The molecule has 0 amide bonds. The Bertz CT molecular complexity index is 427. The number of nitrogens with zero attached hydrogens (tertiary/aromatic N) is 5. The molecule has 0 aromatic carbocycles. The summed E-state index contributed by atoms with van der Waals surface area (Å²) >= 11 is 5.79. The number of rotatable bonds is 6. The molecular weight excluding hydrogens is 240 g/mol. The van der Waals surface area contributed by atoms with Gasteiger partial charge in [0.15, 0.2) is 0 Å². The van der Waals surface area contributed by atoms with Crippen molar-refractivity contribution in [1.82, 2.24) is 15.0 Å². The summed E-state index contributed by atoms with van der Waals surface area (Å²) in [6, 6.07) is 2.04. The molecule has 0 aliphatic rings. The van der Waals surface area contributed by atoms with E-state index in [9.17, 15) is 0 Å². The van der Waals surface area contributed by atoms with Crippen molar-refractivity contribution in [2.45, 2.75) is 6.92 Å². The van der Waals surface area contributed by atoms with Gasteiger partial charge in [-0.05, 0) is 18.5 Å². The molecule has 0 bridgehead atoms. The van der Waals surface area contributed by atoms with E-state index < -0.39 is 0 Å². The topological polar surface area (TPSA) is 77.7 Å². The Morgan fingerprint density at radius 3 is 2.88 bits per heavy atom. The zero-order chi connectivity index (χ0) is 12.7. The molecular formula is C10H13ClN6. The first-order chi connectivity index (χ1) is 8.21. The number of halogens is 1. The summed E-state index contributed by atoms with van der Waals surface area (Å²) in [7, 11) is 0. The minimum Gasteiger partial charge on any atom is -0.354 e. The third-order valence-electron chi connectivity index (χ3n) is 1.83. The molecule has 0 unspecified atom stereocenters. The Morgan fingerprint density at radius 1 is 1.53 bits per heavy atom. The summed E-state index contributed by atoms with van der Waals surface area (Å²) in [6.07, 6.45) is 1.67. The number of nitriles is 1. The molecule has 7 heteroatoms. The van der Waals surface area contributed by atoms with Crippen molar-refractivity contribution in [3.05, 3.63) is 17.9 Å². The van der Waals surface area contributed by atoms with E-state index in [1.54, 1.807) is 11.0 Å². The lowest BCUT2D eigenvalue weighted by Gasteiger charge is -2.17. The van der Waals surface area contributed by atoms with Crippen molar-refractivity contribution in [2.24, 2.45) is 0 Å². The second-order valence-electron chi connectivity index (χ2n) is 3.09. The van der Waals surface area contributed by atoms with Crippen LogP contribution in [0.5, 0.6) is 0 Å². The summed E-state index contributed by atoms with van der Waals surface area (Å²) in [6.45, 7) is 6.86. The second kappa shape index (κ2) is 6.66. The van der Waals surface area contributed by atoms with Gasteiger partial charge in [-0.3, -0.25) is 0 Å². The predicted octanol–water partition coefficient (Wildman–Crippen LogP) is 1.47. The largest absolute Gasteiger partial charge is 0.354 e. The van der Waals surface area contributed by atoms with Crippen LogP contribution in [0.3, 0.4) is 0 Å². The maximum Gasteiger partial charge on any atom is 0.232 e. The van der Waals surface area contributed by atoms with Crippen molar-refractivity contribution < 1.29 is 0 Å². The molecule has 0 saturated carbocycles. The van der Waals surface area contributed by atoms with Gasteiger partial charge < -0.3 is 10.2 Å². The van der Waals surface area contributed by atoms with Gasteiger partial charge in [-0.15, -0.1) is 6.58 Å². The minimum atomic E-state index is 0.0953. The molecule has 1 rings (SSSR count). The molecule has 0 aliphatic carbocycles. The fraction of sp³-hybridized carbons (Fsp3) is 0.400. The number of hydrogen-bond acceptors (Lipinski definition) is 6. The molecule has 1 aromatic heterocycles. The highest BCUT2D eigenvalue weighted by atomic mass is 35.5. The van der Waals surface area contributed by atoms with Crippen LogP contribution in [0.2, 0.25) is 5.28 Å². The molecule has 1 aromatic rings. The monoisotopic (exact) mass is 252 g/mol. The molecule has 0 atom stereocenters. The van der Waals surface area contributed by atoms with Gasteiger partial charge in [0.2, 0.25) is 17.2 Å². The fourth-order valence-electron chi connectivity index (χ4n) is 1.18. The molecule has 0 fully saturated rings. The minimum absolute atomic E-state index is 0.0953. The molecule has 1 N–H and O–H groups in total. The lowest BCUT2D eigenvalue weighted by molar-refractivity contribution is 0.874.